The minimum atomic E-state index is 0. The van der Waals surface area contributed by atoms with Crippen LogP contribution in [-0.2, 0) is 11.3 Å². The topological polar surface area (TPSA) is 35.6 Å². The third-order valence-corrected chi connectivity index (χ3v) is 4.96. The van der Waals surface area contributed by atoms with Crippen molar-refractivity contribution in [2.45, 2.75) is 32.4 Å². The molecular formula is C17H27BrClN3O. The fraction of sp³-hybridized carbons (Fsp3) is 0.588. The molecule has 1 atom stereocenters. The maximum absolute atomic E-state index is 12.5. The zero-order valence-corrected chi connectivity index (χ0v) is 16.3. The van der Waals surface area contributed by atoms with Gasteiger partial charge < -0.3 is 10.2 Å². The molecule has 4 nitrogen and oxygen atoms in total. The number of likely N-dealkylation sites (N-methyl/N-ethyl adjacent to an activating group) is 1. The lowest BCUT2D eigenvalue weighted by Crippen LogP contribution is -2.44. The monoisotopic (exact) mass is 403 g/mol. The highest BCUT2D eigenvalue weighted by molar-refractivity contribution is 9.10. The maximum atomic E-state index is 12.5. The number of hydrogen-bond donors (Lipinski definition) is 1. The van der Waals surface area contributed by atoms with Crippen molar-refractivity contribution in [2.24, 2.45) is 0 Å². The highest BCUT2D eigenvalue weighted by atomic mass is 79.9. The van der Waals surface area contributed by atoms with Gasteiger partial charge in [0.25, 0.3) is 0 Å². The molecular weight excluding hydrogens is 378 g/mol. The van der Waals surface area contributed by atoms with Crippen molar-refractivity contribution in [3.8, 4) is 0 Å². The number of halogens is 2. The van der Waals surface area contributed by atoms with Gasteiger partial charge in [0, 0.05) is 30.7 Å². The molecule has 0 saturated carbocycles. The summed E-state index contributed by atoms with van der Waals surface area (Å²) >= 11 is 3.55. The number of rotatable bonds is 7. The Bertz CT molecular complexity index is 494. The number of nitrogens with one attached hydrogen (secondary N) is 1. The summed E-state index contributed by atoms with van der Waals surface area (Å²) in [5.41, 5.74) is 1.14. The van der Waals surface area contributed by atoms with Crippen LogP contribution in [0.5, 0.6) is 0 Å². The molecule has 2 rings (SSSR count). The first-order valence-electron chi connectivity index (χ1n) is 8.04. The smallest absolute Gasteiger partial charge is 0.236 e. The number of nitrogens with zero attached hydrogens (tertiary/aromatic N) is 2. The Labute approximate surface area is 154 Å². The molecule has 0 spiro atoms. The molecule has 6 heteroatoms. The molecule has 0 aliphatic carbocycles. The van der Waals surface area contributed by atoms with Crippen LogP contribution < -0.4 is 5.32 Å². The molecule has 1 aromatic carbocycles. The van der Waals surface area contributed by atoms with Gasteiger partial charge in [-0.05, 0) is 37.6 Å². The Hall–Kier alpha value is -0.620. The summed E-state index contributed by atoms with van der Waals surface area (Å²) < 4.78 is 1.06. The van der Waals surface area contributed by atoms with Crippen LogP contribution in [0.1, 0.15) is 25.3 Å². The highest BCUT2D eigenvalue weighted by Gasteiger charge is 2.24. The molecule has 0 aromatic heterocycles. The molecule has 1 heterocycles. The van der Waals surface area contributed by atoms with E-state index < -0.39 is 0 Å². The van der Waals surface area contributed by atoms with Gasteiger partial charge in [0.15, 0.2) is 0 Å². The molecule has 23 heavy (non-hydrogen) atoms. The molecule has 1 aromatic rings. The first-order valence-corrected chi connectivity index (χ1v) is 8.83. The highest BCUT2D eigenvalue weighted by Crippen LogP contribution is 2.17. The summed E-state index contributed by atoms with van der Waals surface area (Å²) in [5, 5.41) is 3.39. The summed E-state index contributed by atoms with van der Waals surface area (Å²) in [6, 6.07) is 8.57. The van der Waals surface area contributed by atoms with Crippen molar-refractivity contribution in [2.75, 3.05) is 33.2 Å². The minimum Gasteiger partial charge on any atom is -0.340 e. The van der Waals surface area contributed by atoms with Crippen LogP contribution >= 0.6 is 28.3 Å². The van der Waals surface area contributed by atoms with Crippen molar-refractivity contribution in [3.05, 3.63) is 34.3 Å². The Morgan fingerprint density at radius 2 is 2.13 bits per heavy atom. The Kier molecular flexibility index (Phi) is 9.14. The average molecular weight is 405 g/mol. The van der Waals surface area contributed by atoms with Gasteiger partial charge >= 0.3 is 0 Å². The lowest BCUT2D eigenvalue weighted by atomic mass is 10.2. The Morgan fingerprint density at radius 3 is 2.74 bits per heavy atom. The van der Waals surface area contributed by atoms with E-state index in [1.54, 1.807) is 0 Å². The van der Waals surface area contributed by atoms with E-state index >= 15 is 0 Å². The van der Waals surface area contributed by atoms with Crippen LogP contribution in [0.2, 0.25) is 0 Å². The Balaban J connectivity index is 0.00000264. The van der Waals surface area contributed by atoms with Gasteiger partial charge in [-0.3, -0.25) is 9.69 Å². The zero-order valence-electron chi connectivity index (χ0n) is 13.9. The zero-order chi connectivity index (χ0) is 15.9. The molecule has 1 saturated heterocycles. The molecule has 1 fully saturated rings. The van der Waals surface area contributed by atoms with Gasteiger partial charge in [-0.1, -0.05) is 41.1 Å². The largest absolute Gasteiger partial charge is 0.340 e. The lowest BCUT2D eigenvalue weighted by molar-refractivity contribution is -0.132. The van der Waals surface area contributed by atoms with E-state index in [2.05, 4.69) is 39.1 Å². The summed E-state index contributed by atoms with van der Waals surface area (Å²) in [4.78, 5) is 16.7. The van der Waals surface area contributed by atoms with Gasteiger partial charge in [-0.2, -0.15) is 0 Å². The van der Waals surface area contributed by atoms with E-state index in [4.69, 9.17) is 0 Å². The number of carbonyl (C=O) groups excluding carboxylic acids is 1. The van der Waals surface area contributed by atoms with Crippen molar-refractivity contribution < 1.29 is 4.79 Å². The predicted molar refractivity (Wildman–Crippen MR) is 101 cm³/mol. The first kappa shape index (κ1) is 20.4. The number of amides is 1. The summed E-state index contributed by atoms with van der Waals surface area (Å²) in [6.07, 6.45) is 2.22. The van der Waals surface area contributed by atoms with Crippen LogP contribution in [0.25, 0.3) is 0 Å². The van der Waals surface area contributed by atoms with Gasteiger partial charge in [0.2, 0.25) is 5.91 Å². The molecule has 1 N–H and O–H groups in total. The van der Waals surface area contributed by atoms with Crippen LogP contribution in [0, 0.1) is 0 Å². The fourth-order valence-electron chi connectivity index (χ4n) is 2.89. The SMILES string of the molecule is CCCN(CC(=O)N(C)Cc1ccccc1Br)C1CCNC1.Cl. The second kappa shape index (κ2) is 10.3. The van der Waals surface area contributed by atoms with Crippen molar-refractivity contribution >= 4 is 34.2 Å². The normalized spacial score (nSPS) is 17.1. The fourth-order valence-corrected chi connectivity index (χ4v) is 3.30. The van der Waals surface area contributed by atoms with Gasteiger partial charge in [-0.15, -0.1) is 12.4 Å². The van der Waals surface area contributed by atoms with E-state index in [1.807, 2.05) is 30.1 Å². The summed E-state index contributed by atoms with van der Waals surface area (Å²) in [6.45, 7) is 6.38. The minimum absolute atomic E-state index is 0. The number of carbonyl (C=O) groups is 1. The van der Waals surface area contributed by atoms with Crippen LogP contribution in [0.15, 0.2) is 28.7 Å². The van der Waals surface area contributed by atoms with Gasteiger partial charge in [0.1, 0.15) is 0 Å². The second-order valence-electron chi connectivity index (χ2n) is 5.96. The number of hydrogen-bond acceptors (Lipinski definition) is 3. The van der Waals surface area contributed by atoms with E-state index in [0.717, 1.165) is 42.5 Å². The standard InChI is InChI=1S/C17H26BrN3O.ClH/c1-3-10-21(15-8-9-19-11-15)13-17(22)20(2)12-14-6-4-5-7-16(14)18;/h4-7,15,19H,3,8-13H2,1-2H3;1H. The molecule has 1 aliphatic heterocycles. The van der Waals surface area contributed by atoms with E-state index in [1.165, 1.54) is 0 Å². The number of benzene rings is 1. The third-order valence-electron chi connectivity index (χ3n) is 4.19. The summed E-state index contributed by atoms with van der Waals surface area (Å²) in [5.74, 6) is 0.191. The van der Waals surface area contributed by atoms with Crippen molar-refractivity contribution in [3.63, 3.8) is 0 Å². The first-order chi connectivity index (χ1) is 10.6. The van der Waals surface area contributed by atoms with Crippen LogP contribution in [0.4, 0.5) is 0 Å². The average Bonchev–Trinajstić information content (AvgIpc) is 3.03. The van der Waals surface area contributed by atoms with Gasteiger partial charge in [0.05, 0.1) is 6.54 Å². The van der Waals surface area contributed by atoms with Crippen LogP contribution in [-0.4, -0.2) is 55.0 Å². The maximum Gasteiger partial charge on any atom is 0.236 e. The van der Waals surface area contributed by atoms with Crippen LogP contribution in [0.3, 0.4) is 0 Å². The van der Waals surface area contributed by atoms with E-state index in [9.17, 15) is 4.79 Å². The van der Waals surface area contributed by atoms with Crippen molar-refractivity contribution in [1.82, 2.24) is 15.1 Å². The molecule has 1 unspecified atom stereocenters. The predicted octanol–water partition coefficient (Wildman–Crippen LogP) is 2.90. The van der Waals surface area contributed by atoms with E-state index in [0.29, 0.717) is 19.1 Å². The Morgan fingerprint density at radius 1 is 1.39 bits per heavy atom. The lowest BCUT2D eigenvalue weighted by Gasteiger charge is -2.29. The molecule has 130 valence electrons. The van der Waals surface area contributed by atoms with Crippen molar-refractivity contribution in [1.29, 1.82) is 0 Å². The molecule has 1 amide bonds. The quantitative estimate of drug-likeness (QED) is 0.759. The second-order valence-corrected chi connectivity index (χ2v) is 6.81. The molecule has 0 bridgehead atoms. The molecule has 1 aliphatic rings. The van der Waals surface area contributed by atoms with E-state index in [-0.39, 0.29) is 18.3 Å². The third kappa shape index (κ3) is 6.07. The summed E-state index contributed by atoms with van der Waals surface area (Å²) in [7, 11) is 1.89. The van der Waals surface area contributed by atoms with Gasteiger partial charge in [-0.25, -0.2) is 0 Å². The molecule has 0 radical (unpaired) electrons.